The Labute approximate surface area is 209 Å². The van der Waals surface area contributed by atoms with Crippen LogP contribution >= 0.6 is 0 Å². The van der Waals surface area contributed by atoms with E-state index in [2.05, 4.69) is 15.6 Å². The van der Waals surface area contributed by atoms with Crippen LogP contribution in [0.5, 0.6) is 0 Å². The topological polar surface area (TPSA) is 130 Å². The maximum absolute atomic E-state index is 13.0. The average molecular weight is 515 g/mol. The number of alkyl halides is 3. The zero-order valence-corrected chi connectivity index (χ0v) is 19.5. The quantitative estimate of drug-likeness (QED) is 0.349. The Bertz CT molecular complexity index is 1300. The van der Waals surface area contributed by atoms with E-state index in [1.807, 2.05) is 18.2 Å². The summed E-state index contributed by atoms with van der Waals surface area (Å²) in [7, 11) is 0. The number of halogens is 3. The number of nitrogens with one attached hydrogen (secondary N) is 2. The fraction of sp³-hybridized carbons (Fsp3) is 0.280. The molecule has 4 N–H and O–H groups in total. The molecule has 2 heterocycles. The van der Waals surface area contributed by atoms with Crippen molar-refractivity contribution in [2.24, 2.45) is 10.7 Å². The monoisotopic (exact) mass is 515 g/mol. The lowest BCUT2D eigenvalue weighted by Crippen LogP contribution is -2.50. The van der Waals surface area contributed by atoms with Gasteiger partial charge in [-0.1, -0.05) is 18.2 Å². The third kappa shape index (κ3) is 6.26. The van der Waals surface area contributed by atoms with Crippen molar-refractivity contribution < 1.29 is 32.0 Å². The Kier molecular flexibility index (Phi) is 7.46. The smallest absolute Gasteiger partial charge is 0.451 e. The summed E-state index contributed by atoms with van der Waals surface area (Å²) < 4.78 is 42.7. The first-order valence-corrected chi connectivity index (χ1v) is 11.5. The summed E-state index contributed by atoms with van der Waals surface area (Å²) in [6, 6.07) is 13.9. The van der Waals surface area contributed by atoms with Crippen molar-refractivity contribution in [3.05, 3.63) is 65.9 Å². The number of amidine groups is 1. The zero-order valence-electron chi connectivity index (χ0n) is 19.5. The average Bonchev–Trinajstić information content (AvgIpc) is 3.32. The number of para-hydroxylation sites is 1. The number of nitrogens with zero attached hydrogens (tertiary/aromatic N) is 2. The van der Waals surface area contributed by atoms with E-state index >= 15 is 0 Å². The van der Waals surface area contributed by atoms with Crippen molar-refractivity contribution in [3.8, 4) is 0 Å². The number of fused-ring (bicyclic) bond motifs is 1. The van der Waals surface area contributed by atoms with E-state index in [0.717, 1.165) is 18.2 Å². The van der Waals surface area contributed by atoms with Crippen LogP contribution in [0, 0.1) is 0 Å². The van der Waals surface area contributed by atoms with Crippen LogP contribution in [0.15, 0.2) is 64.0 Å². The number of amides is 4. The highest BCUT2D eigenvalue weighted by Crippen LogP contribution is 2.21. The molecular formula is C25H24F3N5O4. The molecule has 1 saturated heterocycles. The van der Waals surface area contributed by atoms with Gasteiger partial charge in [0.1, 0.15) is 11.4 Å². The van der Waals surface area contributed by atoms with Crippen LogP contribution in [-0.4, -0.2) is 53.9 Å². The highest BCUT2D eigenvalue weighted by atomic mass is 19.4. The van der Waals surface area contributed by atoms with Crippen molar-refractivity contribution in [3.63, 3.8) is 0 Å². The molecule has 194 valence electrons. The molecule has 1 fully saturated rings. The van der Waals surface area contributed by atoms with E-state index in [4.69, 9.17) is 10.2 Å². The van der Waals surface area contributed by atoms with Gasteiger partial charge in [0.05, 0.1) is 6.04 Å². The Hall–Kier alpha value is -4.35. The maximum atomic E-state index is 13.0. The van der Waals surface area contributed by atoms with Gasteiger partial charge in [-0.3, -0.25) is 9.59 Å². The second-order valence-corrected chi connectivity index (χ2v) is 8.51. The van der Waals surface area contributed by atoms with Gasteiger partial charge in [-0.05, 0) is 55.7 Å². The molecule has 4 amide bonds. The SMILES string of the molecule is NC(=NC(=O)C(F)(F)F)c1ccc(NC(=O)N2CCCCC2CNC(=O)c2cc3ccccc3o2)cc1. The molecule has 3 aromatic rings. The Balaban J connectivity index is 1.36. The Morgan fingerprint density at radius 3 is 2.51 bits per heavy atom. The molecule has 12 heteroatoms. The van der Waals surface area contributed by atoms with E-state index < -0.39 is 17.9 Å². The summed E-state index contributed by atoms with van der Waals surface area (Å²) in [5.74, 6) is -3.07. The summed E-state index contributed by atoms with van der Waals surface area (Å²) in [5, 5.41) is 6.39. The number of aliphatic imine (C=N–C) groups is 1. The molecule has 4 rings (SSSR count). The summed E-state index contributed by atoms with van der Waals surface area (Å²) in [4.78, 5) is 41.0. The lowest BCUT2D eigenvalue weighted by molar-refractivity contribution is -0.169. The van der Waals surface area contributed by atoms with Crippen molar-refractivity contribution in [1.82, 2.24) is 10.2 Å². The normalized spacial score (nSPS) is 16.5. The minimum atomic E-state index is -5.12. The Morgan fingerprint density at radius 1 is 1.08 bits per heavy atom. The molecule has 0 aliphatic carbocycles. The van der Waals surface area contributed by atoms with E-state index in [1.54, 1.807) is 17.0 Å². The third-order valence-electron chi connectivity index (χ3n) is 5.93. The number of likely N-dealkylation sites (tertiary alicyclic amines) is 1. The predicted octanol–water partition coefficient (Wildman–Crippen LogP) is 4.04. The van der Waals surface area contributed by atoms with Crippen molar-refractivity contribution in [2.75, 3.05) is 18.4 Å². The molecule has 9 nitrogen and oxygen atoms in total. The standard InChI is InChI=1S/C25H24F3N5O4/c26-25(27,28)23(35)32-21(29)15-8-10-17(11-9-15)31-24(36)33-12-4-3-6-18(33)14-30-22(34)20-13-16-5-1-2-7-19(16)37-20/h1-2,5,7-11,13,18H,3-4,6,12,14H2,(H,30,34)(H,31,36)(H2,29,32,35). The molecule has 37 heavy (non-hydrogen) atoms. The van der Waals surface area contributed by atoms with Gasteiger partial charge in [-0.2, -0.15) is 18.2 Å². The number of carbonyl (C=O) groups excluding carboxylic acids is 3. The first-order chi connectivity index (χ1) is 17.6. The summed E-state index contributed by atoms with van der Waals surface area (Å²) in [6.45, 7) is 0.733. The number of benzene rings is 2. The van der Waals surface area contributed by atoms with Crippen molar-refractivity contribution in [1.29, 1.82) is 0 Å². The van der Waals surface area contributed by atoms with E-state index in [0.29, 0.717) is 24.2 Å². The van der Waals surface area contributed by atoms with Gasteiger partial charge >= 0.3 is 18.1 Å². The number of furan rings is 1. The molecule has 2 aromatic carbocycles. The molecule has 1 unspecified atom stereocenters. The van der Waals surface area contributed by atoms with E-state index in [1.165, 1.54) is 24.3 Å². The number of carbonyl (C=O) groups is 3. The van der Waals surface area contributed by atoms with Crippen LogP contribution in [0.2, 0.25) is 0 Å². The third-order valence-corrected chi connectivity index (χ3v) is 5.93. The Morgan fingerprint density at radius 2 is 1.81 bits per heavy atom. The van der Waals surface area contributed by atoms with E-state index in [9.17, 15) is 27.6 Å². The van der Waals surface area contributed by atoms with Crippen LogP contribution < -0.4 is 16.4 Å². The second kappa shape index (κ2) is 10.7. The molecule has 1 aliphatic heterocycles. The first kappa shape index (κ1) is 25.7. The summed E-state index contributed by atoms with van der Waals surface area (Å²) >= 11 is 0. The minimum Gasteiger partial charge on any atom is -0.451 e. The summed E-state index contributed by atoms with van der Waals surface area (Å²) in [5.41, 5.74) is 6.57. The van der Waals surface area contributed by atoms with Gasteiger partial charge in [-0.25, -0.2) is 4.79 Å². The molecule has 1 aromatic heterocycles. The number of hydrogen-bond acceptors (Lipinski definition) is 4. The molecule has 1 atom stereocenters. The van der Waals surface area contributed by atoms with Gasteiger partial charge < -0.3 is 25.7 Å². The number of piperidine rings is 1. The lowest BCUT2D eigenvalue weighted by Gasteiger charge is -2.35. The fourth-order valence-corrected chi connectivity index (χ4v) is 4.03. The predicted molar refractivity (Wildman–Crippen MR) is 130 cm³/mol. The van der Waals surface area contributed by atoms with Gasteiger partial charge in [0.25, 0.3) is 5.91 Å². The number of rotatable bonds is 5. The summed E-state index contributed by atoms with van der Waals surface area (Å²) in [6.07, 6.45) is -2.71. The maximum Gasteiger partial charge on any atom is 0.473 e. The molecule has 0 spiro atoms. The minimum absolute atomic E-state index is 0.0970. The van der Waals surface area contributed by atoms with Crippen LogP contribution in [0.1, 0.15) is 35.4 Å². The molecule has 0 bridgehead atoms. The molecule has 0 saturated carbocycles. The highest BCUT2D eigenvalue weighted by Gasteiger charge is 2.38. The van der Waals surface area contributed by atoms with Gasteiger partial charge in [0, 0.05) is 29.7 Å². The largest absolute Gasteiger partial charge is 0.473 e. The molecule has 0 radical (unpaired) electrons. The number of anilines is 1. The van der Waals surface area contributed by atoms with Crippen LogP contribution in [0.25, 0.3) is 11.0 Å². The van der Waals surface area contributed by atoms with Crippen molar-refractivity contribution in [2.45, 2.75) is 31.5 Å². The molecule has 1 aliphatic rings. The van der Waals surface area contributed by atoms with Gasteiger partial charge in [-0.15, -0.1) is 0 Å². The number of hydrogen-bond donors (Lipinski definition) is 3. The second-order valence-electron chi connectivity index (χ2n) is 8.51. The number of urea groups is 1. The van der Waals surface area contributed by atoms with Crippen LogP contribution in [-0.2, 0) is 4.79 Å². The van der Waals surface area contributed by atoms with Crippen LogP contribution in [0.3, 0.4) is 0 Å². The zero-order chi connectivity index (χ0) is 26.6. The van der Waals surface area contributed by atoms with Crippen molar-refractivity contribution >= 4 is 40.3 Å². The first-order valence-electron chi connectivity index (χ1n) is 11.5. The van der Waals surface area contributed by atoms with Gasteiger partial charge in [0.15, 0.2) is 5.76 Å². The number of nitrogens with two attached hydrogens (primary N) is 1. The van der Waals surface area contributed by atoms with Gasteiger partial charge in [0.2, 0.25) is 0 Å². The van der Waals surface area contributed by atoms with E-state index in [-0.39, 0.29) is 35.8 Å². The fourth-order valence-electron chi connectivity index (χ4n) is 4.03. The molecular weight excluding hydrogens is 491 g/mol. The highest BCUT2D eigenvalue weighted by molar-refractivity contribution is 6.05. The van der Waals surface area contributed by atoms with Crippen LogP contribution in [0.4, 0.5) is 23.7 Å². The lowest BCUT2D eigenvalue weighted by atomic mass is 10.0.